The number of rotatable bonds is 7. The lowest BCUT2D eigenvalue weighted by Crippen LogP contribution is -2.44. The lowest BCUT2D eigenvalue weighted by atomic mass is 9.87. The van der Waals surface area contributed by atoms with E-state index in [1.807, 2.05) is 32.1 Å². The van der Waals surface area contributed by atoms with Crippen molar-refractivity contribution in [2.75, 3.05) is 43.5 Å². The average Bonchev–Trinajstić information content (AvgIpc) is 3.36. The van der Waals surface area contributed by atoms with E-state index in [4.69, 9.17) is 37.2 Å². The van der Waals surface area contributed by atoms with Gasteiger partial charge in [-0.25, -0.2) is 9.97 Å². The number of fused-ring (bicyclic) bond motifs is 1. The Morgan fingerprint density at radius 1 is 1.28 bits per heavy atom. The van der Waals surface area contributed by atoms with E-state index in [1.54, 1.807) is 7.11 Å². The van der Waals surface area contributed by atoms with E-state index >= 15 is 0 Å². The predicted molar refractivity (Wildman–Crippen MR) is 138 cm³/mol. The van der Waals surface area contributed by atoms with Crippen molar-refractivity contribution in [3.63, 3.8) is 0 Å². The summed E-state index contributed by atoms with van der Waals surface area (Å²) in [5.74, 6) is 2.38. The molecule has 3 heterocycles. The molecule has 3 aliphatic rings. The minimum absolute atomic E-state index is 0.0882. The molecule has 1 saturated heterocycles. The van der Waals surface area contributed by atoms with Gasteiger partial charge in [0.05, 0.1) is 11.1 Å². The molecule has 12 heteroatoms. The number of hydrogen-bond donors (Lipinski definition) is 2. The highest BCUT2D eigenvalue weighted by Gasteiger charge is 2.38. The fourth-order valence-corrected chi connectivity index (χ4v) is 4.90. The van der Waals surface area contributed by atoms with Crippen molar-refractivity contribution in [3.8, 4) is 0 Å². The molecule has 1 fully saturated rings. The summed E-state index contributed by atoms with van der Waals surface area (Å²) >= 11 is 12.7. The van der Waals surface area contributed by atoms with E-state index in [2.05, 4.69) is 35.6 Å². The van der Waals surface area contributed by atoms with Gasteiger partial charge in [-0.3, -0.25) is 0 Å². The lowest BCUT2D eigenvalue weighted by molar-refractivity contribution is -0.0202. The number of methoxy groups -OCH3 is 1. The van der Waals surface area contributed by atoms with Crippen molar-refractivity contribution in [2.24, 2.45) is 5.92 Å². The molecule has 1 aliphatic heterocycles. The number of aromatic nitrogens is 4. The second kappa shape index (κ2) is 10.4. The van der Waals surface area contributed by atoms with Crippen LogP contribution in [0, 0.1) is 5.92 Å². The normalized spacial score (nSPS) is 26.0. The standard InChI is InChI=1S/C24H29Cl2N7O3/c1-14-8-15(9-17(25)21(14)26)30-22-16-11-24(2,34-3)19(10-18(16)28-13-29-22)35-12-20-31-23(32-36-20)33-6-4-27-5-7-33/h8-10,13-14,21,27H,4-7,11-12H2,1-3H3,(H,28,29,30). The number of piperazine rings is 1. The van der Waals surface area contributed by atoms with Gasteiger partial charge in [0.25, 0.3) is 11.8 Å². The molecule has 0 saturated carbocycles. The van der Waals surface area contributed by atoms with Crippen LogP contribution in [0.15, 0.2) is 39.5 Å². The van der Waals surface area contributed by atoms with Crippen LogP contribution in [-0.2, 0) is 22.5 Å². The first-order valence-electron chi connectivity index (χ1n) is 11.9. The number of allylic oxidation sites excluding steroid dienone is 3. The van der Waals surface area contributed by atoms with Crippen LogP contribution < -0.4 is 15.5 Å². The molecule has 2 aromatic rings. The molecule has 10 nitrogen and oxygen atoms in total. The Bertz CT molecular complexity index is 1210. The zero-order chi connectivity index (χ0) is 25.3. The monoisotopic (exact) mass is 533 g/mol. The molecular weight excluding hydrogens is 505 g/mol. The SMILES string of the molecule is COC1(C)Cc2c(ncnc2NC2=CC(C)C(Cl)C(Cl)=C2)C=C1OCc1nc(N2CCNCC2)no1. The Hall–Kier alpha value is -2.66. The highest BCUT2D eigenvalue weighted by Crippen LogP contribution is 2.38. The first-order valence-corrected chi connectivity index (χ1v) is 12.7. The second-order valence-electron chi connectivity index (χ2n) is 9.26. The number of hydrogen-bond acceptors (Lipinski definition) is 10. The van der Waals surface area contributed by atoms with Gasteiger partial charge in [0.1, 0.15) is 23.5 Å². The molecule has 0 aromatic carbocycles. The minimum atomic E-state index is -0.738. The molecule has 2 aromatic heterocycles. The fourth-order valence-electron chi connectivity index (χ4n) is 4.45. The van der Waals surface area contributed by atoms with E-state index < -0.39 is 5.60 Å². The van der Waals surface area contributed by atoms with Crippen LogP contribution in [0.4, 0.5) is 11.8 Å². The molecule has 3 unspecified atom stereocenters. The van der Waals surface area contributed by atoms with Gasteiger partial charge in [-0.1, -0.05) is 24.6 Å². The summed E-state index contributed by atoms with van der Waals surface area (Å²) in [4.78, 5) is 15.5. The number of alkyl halides is 1. The topological polar surface area (TPSA) is 110 Å². The van der Waals surface area contributed by atoms with Crippen LogP contribution in [0.5, 0.6) is 0 Å². The van der Waals surface area contributed by atoms with Gasteiger partial charge in [0.2, 0.25) is 0 Å². The fraction of sp³-hybridized carbons (Fsp3) is 0.500. The summed E-state index contributed by atoms with van der Waals surface area (Å²) in [6.45, 7) is 7.58. The summed E-state index contributed by atoms with van der Waals surface area (Å²) < 4.78 is 17.5. The Kier molecular flexibility index (Phi) is 7.21. The Morgan fingerprint density at radius 3 is 2.83 bits per heavy atom. The summed E-state index contributed by atoms with van der Waals surface area (Å²) in [7, 11) is 1.66. The van der Waals surface area contributed by atoms with E-state index in [-0.39, 0.29) is 17.9 Å². The first kappa shape index (κ1) is 25.0. The van der Waals surface area contributed by atoms with Crippen molar-refractivity contribution in [1.29, 1.82) is 0 Å². The summed E-state index contributed by atoms with van der Waals surface area (Å²) in [5, 5.41) is 11.2. The van der Waals surface area contributed by atoms with Gasteiger partial charge in [-0.15, -0.1) is 11.6 Å². The van der Waals surface area contributed by atoms with E-state index in [1.165, 1.54) is 6.33 Å². The number of halogens is 2. The summed E-state index contributed by atoms with van der Waals surface area (Å²) in [5.41, 5.74) is 1.77. The molecule has 36 heavy (non-hydrogen) atoms. The van der Waals surface area contributed by atoms with E-state index in [0.717, 1.165) is 43.1 Å². The predicted octanol–water partition coefficient (Wildman–Crippen LogP) is 3.46. The maximum absolute atomic E-state index is 6.33. The molecule has 2 N–H and O–H groups in total. The molecule has 0 bridgehead atoms. The maximum Gasteiger partial charge on any atom is 0.266 e. The number of nitrogens with one attached hydrogen (secondary N) is 2. The third-order valence-corrected chi connectivity index (χ3v) is 7.75. The minimum Gasteiger partial charge on any atom is -0.485 e. The highest BCUT2D eigenvalue weighted by molar-refractivity contribution is 6.37. The zero-order valence-electron chi connectivity index (χ0n) is 20.4. The molecular formula is C24H29Cl2N7O3. The quantitative estimate of drug-likeness (QED) is 0.513. The molecule has 3 atom stereocenters. The van der Waals surface area contributed by atoms with E-state index in [9.17, 15) is 0 Å². The van der Waals surface area contributed by atoms with Gasteiger partial charge < -0.3 is 29.5 Å². The molecule has 0 radical (unpaired) electrons. The second-order valence-corrected chi connectivity index (χ2v) is 10.2. The van der Waals surface area contributed by atoms with Gasteiger partial charge in [-0.05, 0) is 24.1 Å². The summed E-state index contributed by atoms with van der Waals surface area (Å²) in [6.07, 6.45) is 7.76. The van der Waals surface area contributed by atoms with Crippen LogP contribution in [0.2, 0.25) is 0 Å². The van der Waals surface area contributed by atoms with Crippen molar-refractivity contribution in [3.05, 3.63) is 52.1 Å². The highest BCUT2D eigenvalue weighted by atomic mass is 35.5. The molecule has 5 rings (SSSR count). The maximum atomic E-state index is 6.33. The summed E-state index contributed by atoms with van der Waals surface area (Å²) in [6, 6.07) is 0. The molecule has 2 aliphatic carbocycles. The molecule has 192 valence electrons. The number of ether oxygens (including phenoxy) is 2. The zero-order valence-corrected chi connectivity index (χ0v) is 21.9. The lowest BCUT2D eigenvalue weighted by Gasteiger charge is -2.34. The van der Waals surface area contributed by atoms with Crippen LogP contribution in [0.1, 0.15) is 31.0 Å². The Labute approximate surface area is 219 Å². The van der Waals surface area contributed by atoms with Crippen molar-refractivity contribution >= 4 is 41.0 Å². The molecule has 0 amide bonds. The van der Waals surface area contributed by atoms with Crippen LogP contribution in [0.25, 0.3) is 6.08 Å². The molecule has 0 spiro atoms. The number of anilines is 2. The van der Waals surface area contributed by atoms with Crippen molar-refractivity contribution in [2.45, 2.75) is 37.9 Å². The van der Waals surface area contributed by atoms with Gasteiger partial charge in [-0.2, -0.15) is 4.98 Å². The third-order valence-electron chi connectivity index (χ3n) is 6.66. The van der Waals surface area contributed by atoms with Crippen molar-refractivity contribution < 1.29 is 14.0 Å². The van der Waals surface area contributed by atoms with Crippen LogP contribution in [0.3, 0.4) is 0 Å². The van der Waals surface area contributed by atoms with Crippen LogP contribution >= 0.6 is 23.2 Å². The largest absolute Gasteiger partial charge is 0.485 e. The van der Waals surface area contributed by atoms with Gasteiger partial charge in [0, 0.05) is 62.1 Å². The van der Waals surface area contributed by atoms with E-state index in [0.29, 0.717) is 34.9 Å². The Balaban J connectivity index is 1.34. The van der Waals surface area contributed by atoms with Crippen molar-refractivity contribution in [1.82, 2.24) is 25.4 Å². The first-order chi connectivity index (χ1) is 17.4. The van der Waals surface area contributed by atoms with Gasteiger partial charge in [0.15, 0.2) is 6.61 Å². The van der Waals surface area contributed by atoms with Gasteiger partial charge >= 0.3 is 0 Å². The smallest absolute Gasteiger partial charge is 0.266 e. The Morgan fingerprint density at radius 2 is 2.08 bits per heavy atom. The number of nitrogens with zero attached hydrogens (tertiary/aromatic N) is 5. The van der Waals surface area contributed by atoms with Crippen LogP contribution in [-0.4, -0.2) is 64.4 Å². The third kappa shape index (κ3) is 5.08. The average molecular weight is 534 g/mol.